The number of aliphatic hydroxyl groups excluding tert-OH is 1. The summed E-state index contributed by atoms with van der Waals surface area (Å²) in [5.74, 6) is 0.688. The van der Waals surface area contributed by atoms with Crippen LogP contribution in [0.1, 0.15) is 40.8 Å². The Morgan fingerprint density at radius 1 is 1.25 bits per heavy atom. The number of morpholine rings is 1. The van der Waals surface area contributed by atoms with E-state index >= 15 is 0 Å². The van der Waals surface area contributed by atoms with Crippen LogP contribution in [0.15, 0.2) is 36.5 Å². The average molecular weight is 384 g/mol. The second-order valence-electron chi connectivity index (χ2n) is 7.68. The lowest BCUT2D eigenvalue weighted by molar-refractivity contribution is -0.0771. The predicted molar refractivity (Wildman–Crippen MR) is 105 cm³/mol. The molecule has 2 aliphatic rings. The number of nitrogens with zero attached hydrogens (tertiary/aromatic N) is 3. The number of carbonyl (C=O) groups excluding carboxylic acids is 1. The highest BCUT2D eigenvalue weighted by Crippen LogP contribution is 2.32. The minimum Gasteiger partial charge on any atom is -0.393 e. The van der Waals surface area contributed by atoms with Crippen molar-refractivity contribution in [2.75, 3.05) is 32.8 Å². The summed E-state index contributed by atoms with van der Waals surface area (Å²) in [6.07, 6.45) is 2.88. The summed E-state index contributed by atoms with van der Waals surface area (Å²) < 4.78 is 6.17. The maximum atomic E-state index is 13.2. The van der Waals surface area contributed by atoms with Crippen LogP contribution >= 0.6 is 0 Å². The Labute approximate surface area is 165 Å². The summed E-state index contributed by atoms with van der Waals surface area (Å²) in [4.78, 5) is 24.7. The molecule has 1 aromatic carbocycles. The smallest absolute Gasteiger partial charge is 0.272 e. The lowest BCUT2D eigenvalue weighted by atomic mass is 9.96. The van der Waals surface area contributed by atoms with Gasteiger partial charge in [0.25, 0.3) is 5.91 Å². The second-order valence-corrected chi connectivity index (χ2v) is 7.68. The number of hydrogen-bond donors (Lipinski definition) is 2. The SMILES string of the molecule is Cc1ncc(C(=O)N2CCO[C@@H](CN3CCC(O)CC3)[C@@H]2c2ccccc2)[nH]1. The highest BCUT2D eigenvalue weighted by molar-refractivity contribution is 5.92. The van der Waals surface area contributed by atoms with Gasteiger partial charge in [-0.05, 0) is 25.3 Å². The van der Waals surface area contributed by atoms with Crippen molar-refractivity contribution < 1.29 is 14.6 Å². The molecule has 2 saturated heterocycles. The molecule has 2 fully saturated rings. The first kappa shape index (κ1) is 19.1. The van der Waals surface area contributed by atoms with Crippen molar-refractivity contribution in [3.05, 3.63) is 53.6 Å². The van der Waals surface area contributed by atoms with Crippen LogP contribution in [-0.2, 0) is 4.74 Å². The molecule has 1 aromatic heterocycles. The van der Waals surface area contributed by atoms with Gasteiger partial charge in [-0.3, -0.25) is 4.79 Å². The second kappa shape index (κ2) is 8.43. The molecular formula is C21H28N4O3. The zero-order valence-electron chi connectivity index (χ0n) is 16.3. The maximum Gasteiger partial charge on any atom is 0.272 e. The number of aromatic amines is 1. The van der Waals surface area contributed by atoms with Crippen molar-refractivity contribution in [1.82, 2.24) is 19.8 Å². The van der Waals surface area contributed by atoms with Gasteiger partial charge in [-0.1, -0.05) is 30.3 Å². The van der Waals surface area contributed by atoms with Crippen LogP contribution < -0.4 is 0 Å². The van der Waals surface area contributed by atoms with Crippen LogP contribution in [0.4, 0.5) is 0 Å². The van der Waals surface area contributed by atoms with Crippen LogP contribution in [0.3, 0.4) is 0 Å². The molecule has 7 heteroatoms. The molecule has 4 rings (SSSR count). The van der Waals surface area contributed by atoms with Crippen LogP contribution in [-0.4, -0.2) is 75.8 Å². The molecule has 1 amide bonds. The van der Waals surface area contributed by atoms with Crippen LogP contribution in [0.5, 0.6) is 0 Å². The molecule has 0 unspecified atom stereocenters. The quantitative estimate of drug-likeness (QED) is 0.839. The molecule has 2 aromatic rings. The molecule has 0 bridgehead atoms. The minimum atomic E-state index is -0.199. The van der Waals surface area contributed by atoms with E-state index < -0.39 is 0 Å². The van der Waals surface area contributed by atoms with E-state index in [2.05, 4.69) is 27.0 Å². The molecule has 150 valence electrons. The monoisotopic (exact) mass is 384 g/mol. The van der Waals surface area contributed by atoms with Crippen LogP contribution in [0.25, 0.3) is 0 Å². The summed E-state index contributed by atoms with van der Waals surface area (Å²) in [5, 5.41) is 9.79. The Morgan fingerprint density at radius 3 is 2.68 bits per heavy atom. The van der Waals surface area contributed by atoms with Crippen molar-refractivity contribution in [1.29, 1.82) is 0 Å². The summed E-state index contributed by atoms with van der Waals surface area (Å²) in [6, 6.07) is 9.95. The van der Waals surface area contributed by atoms with E-state index in [-0.39, 0.29) is 24.2 Å². The molecule has 7 nitrogen and oxygen atoms in total. The Morgan fingerprint density at radius 2 is 2.00 bits per heavy atom. The van der Waals surface area contributed by atoms with Gasteiger partial charge < -0.3 is 24.6 Å². The number of nitrogens with one attached hydrogen (secondary N) is 1. The summed E-state index contributed by atoms with van der Waals surface area (Å²) in [6.45, 7) is 5.37. The van der Waals surface area contributed by atoms with Crippen molar-refractivity contribution in [3.8, 4) is 0 Å². The van der Waals surface area contributed by atoms with Gasteiger partial charge in [-0.2, -0.15) is 0 Å². The number of aryl methyl sites for hydroxylation is 1. The third-order valence-corrected chi connectivity index (χ3v) is 5.68. The number of likely N-dealkylation sites (tertiary alicyclic amines) is 1. The standard InChI is InChI=1S/C21H28N4O3/c1-15-22-13-18(23-15)21(27)25-11-12-28-19(14-24-9-7-17(26)8-10-24)20(25)16-5-3-2-4-6-16/h2-6,13,17,19-20,26H,7-12,14H2,1H3,(H,22,23)/t19-,20-/m0/s1. The number of benzene rings is 1. The summed E-state index contributed by atoms with van der Waals surface area (Å²) in [7, 11) is 0. The number of H-pyrrole nitrogens is 1. The van der Waals surface area contributed by atoms with Gasteiger partial charge in [0.1, 0.15) is 11.5 Å². The maximum absolute atomic E-state index is 13.2. The van der Waals surface area contributed by atoms with Crippen molar-refractivity contribution >= 4 is 5.91 Å². The highest BCUT2D eigenvalue weighted by Gasteiger charge is 2.38. The van der Waals surface area contributed by atoms with Gasteiger partial charge in [0.15, 0.2) is 0 Å². The molecule has 0 radical (unpaired) electrons. The van der Waals surface area contributed by atoms with Gasteiger partial charge in [0.05, 0.1) is 31.1 Å². The number of hydrogen-bond acceptors (Lipinski definition) is 5. The number of rotatable bonds is 4. The number of aromatic nitrogens is 2. The van der Waals surface area contributed by atoms with E-state index in [9.17, 15) is 9.90 Å². The molecular weight excluding hydrogens is 356 g/mol. The fraction of sp³-hybridized carbons (Fsp3) is 0.524. The van der Waals surface area contributed by atoms with Crippen LogP contribution in [0, 0.1) is 6.92 Å². The average Bonchev–Trinajstić information content (AvgIpc) is 3.16. The predicted octanol–water partition coefficient (Wildman–Crippen LogP) is 1.76. The lowest BCUT2D eigenvalue weighted by Crippen LogP contribution is -2.52. The van der Waals surface area contributed by atoms with E-state index in [4.69, 9.17) is 4.74 Å². The first-order valence-corrected chi connectivity index (χ1v) is 10.0. The number of imidazole rings is 1. The fourth-order valence-corrected chi connectivity index (χ4v) is 4.20. The molecule has 3 heterocycles. The first-order chi connectivity index (χ1) is 13.6. The zero-order chi connectivity index (χ0) is 19.5. The molecule has 28 heavy (non-hydrogen) atoms. The fourth-order valence-electron chi connectivity index (χ4n) is 4.20. The number of carbonyl (C=O) groups is 1. The Balaban J connectivity index is 1.59. The topological polar surface area (TPSA) is 81.7 Å². The summed E-state index contributed by atoms with van der Waals surface area (Å²) >= 11 is 0. The van der Waals surface area contributed by atoms with E-state index in [1.165, 1.54) is 0 Å². The van der Waals surface area contributed by atoms with Gasteiger partial charge in [-0.15, -0.1) is 0 Å². The van der Waals surface area contributed by atoms with Crippen molar-refractivity contribution in [3.63, 3.8) is 0 Å². The molecule has 0 spiro atoms. The van der Waals surface area contributed by atoms with E-state index in [1.807, 2.05) is 30.0 Å². The first-order valence-electron chi connectivity index (χ1n) is 10.0. The van der Waals surface area contributed by atoms with Gasteiger partial charge in [0.2, 0.25) is 0 Å². The van der Waals surface area contributed by atoms with Crippen LogP contribution in [0.2, 0.25) is 0 Å². The number of amides is 1. The largest absolute Gasteiger partial charge is 0.393 e. The third-order valence-electron chi connectivity index (χ3n) is 5.68. The molecule has 2 N–H and O–H groups in total. The Bertz CT molecular complexity index is 786. The molecule has 0 aliphatic carbocycles. The zero-order valence-corrected chi connectivity index (χ0v) is 16.3. The number of aliphatic hydroxyl groups is 1. The Kier molecular flexibility index (Phi) is 5.75. The summed E-state index contributed by atoms with van der Waals surface area (Å²) in [5.41, 5.74) is 1.59. The van der Waals surface area contributed by atoms with Crippen molar-refractivity contribution in [2.24, 2.45) is 0 Å². The third kappa shape index (κ3) is 4.11. The highest BCUT2D eigenvalue weighted by atomic mass is 16.5. The lowest BCUT2D eigenvalue weighted by Gasteiger charge is -2.43. The molecule has 2 aliphatic heterocycles. The molecule has 2 atom stereocenters. The van der Waals surface area contributed by atoms with Gasteiger partial charge in [0, 0.05) is 26.2 Å². The molecule has 0 saturated carbocycles. The minimum absolute atomic E-state index is 0.0446. The van der Waals surface area contributed by atoms with Gasteiger partial charge in [-0.25, -0.2) is 4.98 Å². The Hall–Kier alpha value is -2.22. The number of ether oxygens (including phenoxy) is 1. The van der Waals surface area contributed by atoms with E-state index in [0.717, 1.165) is 43.9 Å². The van der Waals surface area contributed by atoms with E-state index in [0.29, 0.717) is 18.8 Å². The van der Waals surface area contributed by atoms with E-state index in [1.54, 1.807) is 6.20 Å². The van der Waals surface area contributed by atoms with Crippen molar-refractivity contribution in [2.45, 2.75) is 38.0 Å². The normalized spacial score (nSPS) is 24.4. The number of piperidine rings is 1. The van der Waals surface area contributed by atoms with Gasteiger partial charge >= 0.3 is 0 Å².